The van der Waals surface area contributed by atoms with Gasteiger partial charge in [0.2, 0.25) is 0 Å². The summed E-state index contributed by atoms with van der Waals surface area (Å²) in [5.74, 6) is 1.07. The van der Waals surface area contributed by atoms with Crippen LogP contribution in [0.1, 0.15) is 34.0 Å². The second-order valence-corrected chi connectivity index (χ2v) is 12.8. The van der Waals surface area contributed by atoms with Crippen molar-refractivity contribution >= 4 is 58.7 Å². The van der Waals surface area contributed by atoms with Crippen LogP contribution in [0.25, 0.3) is 6.08 Å². The second kappa shape index (κ2) is 13.5. The Morgan fingerprint density at radius 3 is 2.51 bits per heavy atom. The van der Waals surface area contributed by atoms with Crippen LogP contribution in [-0.4, -0.2) is 24.1 Å². The fourth-order valence-corrected chi connectivity index (χ4v) is 6.60. The molecule has 208 valence electrons. The Kier molecular flexibility index (Phi) is 9.55. The molecule has 1 N–H and O–H groups in total. The third-order valence-electron chi connectivity index (χ3n) is 6.68. The minimum atomic E-state index is -0.103. The van der Waals surface area contributed by atoms with Gasteiger partial charge in [-0.3, -0.25) is 9.59 Å². The lowest BCUT2D eigenvalue weighted by Gasteiger charge is -2.30. The van der Waals surface area contributed by atoms with E-state index in [1.807, 2.05) is 89.8 Å². The quantitative estimate of drug-likeness (QED) is 0.155. The van der Waals surface area contributed by atoms with Crippen LogP contribution < -0.4 is 10.2 Å². The van der Waals surface area contributed by atoms with E-state index in [4.69, 9.17) is 11.6 Å². The number of aryl methyl sites for hydroxylation is 1. The standard InChI is InChI=1S/C34H31ClN2O2S2/c1-23-6-5-7-26(18-23)21-37-30-8-3-4-9-31(30)41-32(34(37)39)19-25-10-12-27(13-11-25)33(38)36-20-24(2)22-40-29-16-14-28(35)15-17-29/h3-19,24H,20-22H2,1-2H3,(H,36,38)/b32-19+/t24-/m0/s1. The lowest BCUT2D eigenvalue weighted by atomic mass is 10.1. The maximum atomic E-state index is 13.6. The third-order valence-corrected chi connectivity index (χ3v) is 9.36. The lowest BCUT2D eigenvalue weighted by molar-refractivity contribution is -0.114. The van der Waals surface area contributed by atoms with Crippen molar-refractivity contribution in [2.45, 2.75) is 30.2 Å². The van der Waals surface area contributed by atoms with Gasteiger partial charge in [-0.25, -0.2) is 0 Å². The molecule has 5 rings (SSSR count). The molecule has 0 spiro atoms. The van der Waals surface area contributed by atoms with Crippen LogP contribution in [0.4, 0.5) is 5.69 Å². The van der Waals surface area contributed by atoms with Crippen molar-refractivity contribution < 1.29 is 9.59 Å². The minimum Gasteiger partial charge on any atom is -0.352 e. The summed E-state index contributed by atoms with van der Waals surface area (Å²) in [6.07, 6.45) is 1.91. The average molecular weight is 599 g/mol. The van der Waals surface area contributed by atoms with Gasteiger partial charge < -0.3 is 10.2 Å². The van der Waals surface area contributed by atoms with Gasteiger partial charge in [-0.15, -0.1) is 11.8 Å². The highest BCUT2D eigenvalue weighted by Gasteiger charge is 2.29. The van der Waals surface area contributed by atoms with Gasteiger partial charge in [0.05, 0.1) is 17.1 Å². The Balaban J connectivity index is 1.22. The molecule has 41 heavy (non-hydrogen) atoms. The monoisotopic (exact) mass is 598 g/mol. The molecule has 1 aliphatic heterocycles. The Labute approximate surface area is 255 Å². The summed E-state index contributed by atoms with van der Waals surface area (Å²) in [6, 6.07) is 31.5. The first kappa shape index (κ1) is 29.1. The molecule has 0 saturated heterocycles. The Hall–Kier alpha value is -3.45. The van der Waals surface area contributed by atoms with Crippen LogP contribution >= 0.6 is 35.1 Å². The van der Waals surface area contributed by atoms with E-state index in [-0.39, 0.29) is 11.8 Å². The molecule has 0 unspecified atom stereocenters. The summed E-state index contributed by atoms with van der Waals surface area (Å²) in [4.78, 5) is 31.1. The van der Waals surface area contributed by atoms with Crippen molar-refractivity contribution in [2.24, 2.45) is 5.92 Å². The molecule has 1 aliphatic rings. The van der Waals surface area contributed by atoms with Crippen molar-refractivity contribution in [3.05, 3.63) is 129 Å². The Bertz CT molecular complexity index is 1570. The number of benzene rings is 4. The second-order valence-electron chi connectivity index (χ2n) is 10.2. The van der Waals surface area contributed by atoms with E-state index in [2.05, 4.69) is 37.4 Å². The number of hydrogen-bond acceptors (Lipinski definition) is 4. The predicted octanol–water partition coefficient (Wildman–Crippen LogP) is 8.49. The summed E-state index contributed by atoms with van der Waals surface area (Å²) in [7, 11) is 0. The fourth-order valence-electron chi connectivity index (χ4n) is 4.49. The molecule has 0 saturated carbocycles. The SMILES string of the molecule is Cc1cccc(CN2C(=O)/C(=C\c3ccc(C(=O)NC[C@H](C)CSc4ccc(Cl)cc4)cc3)Sc3ccccc32)c1. The number of amides is 2. The first-order valence-corrected chi connectivity index (χ1v) is 15.7. The highest BCUT2D eigenvalue weighted by Crippen LogP contribution is 2.42. The first-order valence-electron chi connectivity index (χ1n) is 13.5. The first-order chi connectivity index (χ1) is 19.9. The maximum absolute atomic E-state index is 13.6. The smallest absolute Gasteiger partial charge is 0.265 e. The van der Waals surface area contributed by atoms with E-state index in [9.17, 15) is 9.59 Å². The fraction of sp³-hybridized carbons (Fsp3) is 0.176. The number of thioether (sulfide) groups is 2. The summed E-state index contributed by atoms with van der Waals surface area (Å²) < 4.78 is 0. The van der Waals surface area contributed by atoms with Gasteiger partial charge in [0.1, 0.15) is 0 Å². The number of carbonyl (C=O) groups excluding carboxylic acids is 2. The summed E-state index contributed by atoms with van der Waals surface area (Å²) >= 11 is 9.20. The van der Waals surface area contributed by atoms with Crippen LogP contribution in [0.5, 0.6) is 0 Å². The van der Waals surface area contributed by atoms with Crippen molar-refractivity contribution in [3.8, 4) is 0 Å². The molecule has 0 bridgehead atoms. The number of anilines is 1. The number of para-hydroxylation sites is 1. The lowest BCUT2D eigenvalue weighted by Crippen LogP contribution is -2.33. The number of nitrogens with zero attached hydrogens (tertiary/aromatic N) is 1. The van der Waals surface area contributed by atoms with Crippen molar-refractivity contribution in [1.82, 2.24) is 5.32 Å². The molecule has 4 aromatic rings. The molecular formula is C34H31ClN2O2S2. The predicted molar refractivity (Wildman–Crippen MR) is 173 cm³/mol. The number of nitrogens with one attached hydrogen (secondary N) is 1. The maximum Gasteiger partial charge on any atom is 0.265 e. The van der Waals surface area contributed by atoms with Gasteiger partial charge in [-0.2, -0.15) is 0 Å². The number of carbonyl (C=O) groups is 2. The van der Waals surface area contributed by atoms with Gasteiger partial charge >= 0.3 is 0 Å². The Morgan fingerprint density at radius 1 is 1.00 bits per heavy atom. The van der Waals surface area contributed by atoms with Crippen LogP contribution in [0.3, 0.4) is 0 Å². The molecule has 1 heterocycles. The van der Waals surface area contributed by atoms with Gasteiger partial charge in [0.25, 0.3) is 11.8 Å². The van der Waals surface area contributed by atoms with E-state index >= 15 is 0 Å². The van der Waals surface area contributed by atoms with Crippen molar-refractivity contribution in [1.29, 1.82) is 0 Å². The normalized spacial score (nSPS) is 14.6. The van der Waals surface area contributed by atoms with E-state index in [1.54, 1.807) is 11.8 Å². The van der Waals surface area contributed by atoms with Gasteiger partial charge in [0, 0.05) is 32.7 Å². The number of hydrogen-bond donors (Lipinski definition) is 1. The molecule has 2 amide bonds. The van der Waals surface area contributed by atoms with Crippen LogP contribution in [-0.2, 0) is 11.3 Å². The van der Waals surface area contributed by atoms with Crippen molar-refractivity contribution in [2.75, 3.05) is 17.2 Å². The largest absolute Gasteiger partial charge is 0.352 e. The average Bonchev–Trinajstić information content (AvgIpc) is 2.98. The molecular weight excluding hydrogens is 568 g/mol. The van der Waals surface area contributed by atoms with Gasteiger partial charge in [-0.05, 0) is 78.6 Å². The molecule has 1 atom stereocenters. The molecule has 0 radical (unpaired) electrons. The summed E-state index contributed by atoms with van der Waals surface area (Å²) in [6.45, 7) is 5.28. The van der Waals surface area contributed by atoms with Crippen LogP contribution in [0, 0.1) is 12.8 Å². The van der Waals surface area contributed by atoms with Gasteiger partial charge in [-0.1, -0.05) is 84.4 Å². The number of fused-ring (bicyclic) bond motifs is 1. The highest BCUT2D eigenvalue weighted by molar-refractivity contribution is 8.04. The van der Waals surface area contributed by atoms with E-state index < -0.39 is 0 Å². The zero-order valence-corrected chi connectivity index (χ0v) is 25.4. The zero-order valence-electron chi connectivity index (χ0n) is 23.0. The molecule has 4 aromatic carbocycles. The molecule has 4 nitrogen and oxygen atoms in total. The molecule has 0 fully saturated rings. The molecule has 7 heteroatoms. The summed E-state index contributed by atoms with van der Waals surface area (Å²) in [5, 5.41) is 3.77. The summed E-state index contributed by atoms with van der Waals surface area (Å²) in [5.41, 5.74) is 4.65. The Morgan fingerprint density at radius 2 is 1.76 bits per heavy atom. The third kappa shape index (κ3) is 7.64. The molecule has 0 aromatic heterocycles. The van der Waals surface area contributed by atoms with E-state index in [0.717, 1.165) is 37.4 Å². The minimum absolute atomic E-state index is 0.0255. The topological polar surface area (TPSA) is 49.4 Å². The highest BCUT2D eigenvalue weighted by atomic mass is 35.5. The van der Waals surface area contributed by atoms with Crippen LogP contribution in [0.2, 0.25) is 5.02 Å². The number of halogens is 1. The number of rotatable bonds is 9. The van der Waals surface area contributed by atoms with Gasteiger partial charge in [0.15, 0.2) is 0 Å². The molecule has 0 aliphatic carbocycles. The van der Waals surface area contributed by atoms with Crippen LogP contribution in [0.15, 0.2) is 112 Å². The van der Waals surface area contributed by atoms with Crippen molar-refractivity contribution in [3.63, 3.8) is 0 Å². The zero-order chi connectivity index (χ0) is 28.8. The van der Waals surface area contributed by atoms with E-state index in [0.29, 0.717) is 29.5 Å². The van der Waals surface area contributed by atoms with E-state index in [1.165, 1.54) is 17.3 Å².